The van der Waals surface area contributed by atoms with Crippen LogP contribution in [0.25, 0.3) is 0 Å². The maximum atomic E-state index is 8.86. The number of nitrogens with zero attached hydrogens (tertiary/aromatic N) is 4. The molecule has 1 aromatic heterocycles. The molecule has 0 bridgehead atoms. The minimum atomic E-state index is 0.0431. The van der Waals surface area contributed by atoms with Gasteiger partial charge in [-0.1, -0.05) is 12.1 Å². The Bertz CT molecular complexity index is 474. The van der Waals surface area contributed by atoms with Gasteiger partial charge in [-0.25, -0.2) is 4.98 Å². The molecule has 1 saturated heterocycles. The van der Waals surface area contributed by atoms with Crippen LogP contribution in [-0.2, 0) is 6.54 Å². The lowest BCUT2D eigenvalue weighted by Gasteiger charge is -2.38. The molecule has 0 aromatic carbocycles. The van der Waals surface area contributed by atoms with Crippen molar-refractivity contribution in [1.29, 1.82) is 0 Å². The zero-order chi connectivity index (χ0) is 15.4. The summed E-state index contributed by atoms with van der Waals surface area (Å²) in [6.45, 7) is 11.0. The van der Waals surface area contributed by atoms with Crippen LogP contribution in [0.3, 0.4) is 0 Å². The maximum Gasteiger partial charge on any atom is 0.156 e. The van der Waals surface area contributed by atoms with E-state index in [0.29, 0.717) is 5.84 Å². The van der Waals surface area contributed by atoms with Crippen LogP contribution in [0, 0.1) is 13.8 Å². The average Bonchev–Trinajstić information content (AvgIpc) is 2.79. The fourth-order valence-electron chi connectivity index (χ4n) is 2.75. The molecule has 2 rings (SSSR count). The largest absolute Gasteiger partial charge is 0.409 e. The summed E-state index contributed by atoms with van der Waals surface area (Å²) in [6, 6.07) is 0.0431. The van der Waals surface area contributed by atoms with Gasteiger partial charge in [0.05, 0.1) is 18.3 Å². The van der Waals surface area contributed by atoms with Crippen molar-refractivity contribution in [2.24, 2.45) is 10.9 Å². The van der Waals surface area contributed by atoms with Crippen LogP contribution < -0.4 is 5.73 Å². The van der Waals surface area contributed by atoms with Gasteiger partial charge in [-0.15, -0.1) is 11.3 Å². The summed E-state index contributed by atoms with van der Waals surface area (Å²) in [5.41, 5.74) is 6.92. The minimum absolute atomic E-state index is 0.0431. The van der Waals surface area contributed by atoms with E-state index >= 15 is 0 Å². The Hall–Kier alpha value is -1.18. The van der Waals surface area contributed by atoms with Crippen molar-refractivity contribution in [3.8, 4) is 0 Å². The van der Waals surface area contributed by atoms with Crippen LogP contribution in [0.15, 0.2) is 5.16 Å². The Kier molecular flexibility index (Phi) is 5.55. The Labute approximate surface area is 130 Å². The van der Waals surface area contributed by atoms with E-state index in [0.717, 1.165) is 44.8 Å². The van der Waals surface area contributed by atoms with Gasteiger partial charge in [0.25, 0.3) is 0 Å². The summed E-state index contributed by atoms with van der Waals surface area (Å²) >= 11 is 1.79. The topological polar surface area (TPSA) is 78.0 Å². The molecule has 1 aliphatic heterocycles. The number of aryl methyl sites for hydroxylation is 2. The lowest BCUT2D eigenvalue weighted by atomic mass is 10.1. The van der Waals surface area contributed by atoms with Crippen molar-refractivity contribution in [3.63, 3.8) is 0 Å². The number of aromatic nitrogens is 1. The molecular formula is C14H25N5OS. The zero-order valence-electron chi connectivity index (χ0n) is 13.0. The van der Waals surface area contributed by atoms with Crippen LogP contribution in [0.2, 0.25) is 0 Å². The van der Waals surface area contributed by atoms with Gasteiger partial charge in [0, 0.05) is 31.1 Å². The van der Waals surface area contributed by atoms with Gasteiger partial charge in [0.15, 0.2) is 5.84 Å². The van der Waals surface area contributed by atoms with Crippen molar-refractivity contribution < 1.29 is 5.21 Å². The Morgan fingerprint density at radius 3 is 2.52 bits per heavy atom. The first-order chi connectivity index (χ1) is 10.0. The zero-order valence-corrected chi connectivity index (χ0v) is 13.9. The Morgan fingerprint density at radius 1 is 1.38 bits per heavy atom. The molecule has 0 spiro atoms. The van der Waals surface area contributed by atoms with Gasteiger partial charge in [-0.3, -0.25) is 9.80 Å². The number of oxime groups is 1. The third-order valence-electron chi connectivity index (χ3n) is 4.12. The molecular weight excluding hydrogens is 286 g/mol. The molecule has 7 heteroatoms. The quantitative estimate of drug-likeness (QED) is 0.372. The van der Waals surface area contributed by atoms with Crippen LogP contribution in [0.4, 0.5) is 0 Å². The van der Waals surface area contributed by atoms with E-state index in [1.54, 1.807) is 11.3 Å². The molecule has 1 aromatic rings. The number of amidine groups is 1. The van der Waals surface area contributed by atoms with Gasteiger partial charge < -0.3 is 10.9 Å². The summed E-state index contributed by atoms with van der Waals surface area (Å²) in [4.78, 5) is 10.6. The maximum absolute atomic E-state index is 8.86. The van der Waals surface area contributed by atoms with Crippen molar-refractivity contribution in [2.45, 2.75) is 39.8 Å². The highest BCUT2D eigenvalue weighted by atomic mass is 32.1. The summed E-state index contributed by atoms with van der Waals surface area (Å²) in [5.74, 6) is 0.317. The van der Waals surface area contributed by atoms with E-state index in [9.17, 15) is 0 Å². The van der Waals surface area contributed by atoms with Crippen molar-refractivity contribution in [2.75, 3.05) is 26.2 Å². The number of piperazine rings is 1. The third-order valence-corrected chi connectivity index (χ3v) is 5.18. The standard InChI is InChI=1S/C14H25N5OS/c1-4-12(14(15)17-20)19-7-5-18(6-8-19)9-13-16-10(2)11(3)21-13/h12,20H,4-9H2,1-3H3,(H2,15,17). The SMILES string of the molecule is CCC(C(N)=NO)N1CCN(Cc2nc(C)c(C)s2)CC1. The molecule has 0 aliphatic carbocycles. The molecule has 0 saturated carbocycles. The summed E-state index contributed by atoms with van der Waals surface area (Å²) in [5, 5.41) is 13.2. The highest BCUT2D eigenvalue weighted by molar-refractivity contribution is 7.11. The van der Waals surface area contributed by atoms with E-state index in [4.69, 9.17) is 10.9 Å². The molecule has 1 fully saturated rings. The second-order valence-corrected chi connectivity index (χ2v) is 6.80. The number of rotatable bonds is 5. The molecule has 6 nitrogen and oxygen atoms in total. The second-order valence-electron chi connectivity index (χ2n) is 5.51. The molecule has 0 radical (unpaired) electrons. The molecule has 2 heterocycles. The molecule has 3 N–H and O–H groups in total. The Balaban J connectivity index is 1.88. The number of hydrogen-bond donors (Lipinski definition) is 2. The lowest BCUT2D eigenvalue weighted by Crippen LogP contribution is -2.53. The van der Waals surface area contributed by atoms with Crippen molar-refractivity contribution in [1.82, 2.24) is 14.8 Å². The lowest BCUT2D eigenvalue weighted by molar-refractivity contribution is 0.109. The average molecular weight is 311 g/mol. The first-order valence-electron chi connectivity index (χ1n) is 7.41. The van der Waals surface area contributed by atoms with Crippen LogP contribution in [-0.4, -0.2) is 58.0 Å². The predicted molar refractivity (Wildman–Crippen MR) is 85.9 cm³/mol. The molecule has 118 valence electrons. The Morgan fingerprint density at radius 2 is 2.05 bits per heavy atom. The van der Waals surface area contributed by atoms with E-state index in [2.05, 4.69) is 40.7 Å². The molecule has 0 amide bonds. The fourth-order valence-corrected chi connectivity index (χ4v) is 3.73. The summed E-state index contributed by atoms with van der Waals surface area (Å²) in [6.07, 6.45) is 0.862. The van der Waals surface area contributed by atoms with Crippen molar-refractivity contribution >= 4 is 17.2 Å². The molecule has 1 atom stereocenters. The van der Waals surface area contributed by atoms with Crippen molar-refractivity contribution in [3.05, 3.63) is 15.6 Å². The van der Waals surface area contributed by atoms with E-state index in [-0.39, 0.29) is 6.04 Å². The van der Waals surface area contributed by atoms with Gasteiger partial charge in [0.2, 0.25) is 0 Å². The van der Waals surface area contributed by atoms with Gasteiger partial charge in [0.1, 0.15) is 5.01 Å². The van der Waals surface area contributed by atoms with Gasteiger partial charge in [-0.05, 0) is 20.3 Å². The summed E-state index contributed by atoms with van der Waals surface area (Å²) < 4.78 is 0. The number of thiazole rings is 1. The fraction of sp³-hybridized carbons (Fsp3) is 0.714. The van der Waals surface area contributed by atoms with E-state index < -0.39 is 0 Å². The minimum Gasteiger partial charge on any atom is -0.409 e. The highest BCUT2D eigenvalue weighted by Gasteiger charge is 2.25. The number of hydrogen-bond acceptors (Lipinski definition) is 6. The molecule has 1 unspecified atom stereocenters. The smallest absolute Gasteiger partial charge is 0.156 e. The molecule has 1 aliphatic rings. The predicted octanol–water partition coefficient (Wildman–Crippen LogP) is 1.40. The normalized spacial score (nSPS) is 19.9. The second kappa shape index (κ2) is 7.20. The number of nitrogens with two attached hydrogens (primary N) is 1. The summed E-state index contributed by atoms with van der Waals surface area (Å²) in [7, 11) is 0. The van der Waals surface area contributed by atoms with Gasteiger partial charge >= 0.3 is 0 Å². The van der Waals surface area contributed by atoms with Crippen LogP contribution in [0.1, 0.15) is 28.9 Å². The van der Waals surface area contributed by atoms with Crippen LogP contribution in [0.5, 0.6) is 0 Å². The molecule has 21 heavy (non-hydrogen) atoms. The van der Waals surface area contributed by atoms with Crippen LogP contribution >= 0.6 is 11.3 Å². The highest BCUT2D eigenvalue weighted by Crippen LogP contribution is 2.19. The van der Waals surface area contributed by atoms with Gasteiger partial charge in [-0.2, -0.15) is 0 Å². The first-order valence-corrected chi connectivity index (χ1v) is 8.23. The van der Waals surface area contributed by atoms with E-state index in [1.165, 1.54) is 9.88 Å². The third kappa shape index (κ3) is 3.93. The first kappa shape index (κ1) is 16.2. The monoisotopic (exact) mass is 311 g/mol. The van der Waals surface area contributed by atoms with E-state index in [1.807, 2.05) is 0 Å².